The van der Waals surface area contributed by atoms with Crippen molar-refractivity contribution in [3.63, 3.8) is 0 Å². The van der Waals surface area contributed by atoms with Crippen LogP contribution in [-0.2, 0) is 11.3 Å². The molecule has 2 amide bonds. The van der Waals surface area contributed by atoms with Crippen molar-refractivity contribution in [2.75, 3.05) is 32.6 Å². The maximum atomic E-state index is 14.2. The van der Waals surface area contributed by atoms with E-state index in [0.717, 1.165) is 73.1 Å². The minimum atomic E-state index is -0.249. The van der Waals surface area contributed by atoms with E-state index in [0.29, 0.717) is 18.2 Å². The maximum absolute atomic E-state index is 14.2. The van der Waals surface area contributed by atoms with Crippen molar-refractivity contribution in [1.82, 2.24) is 20.5 Å². The number of pyridine rings is 1. The van der Waals surface area contributed by atoms with E-state index in [4.69, 9.17) is 10.7 Å². The molecule has 8 heteroatoms. The minimum Gasteiger partial charge on any atom is -0.371 e. The summed E-state index contributed by atoms with van der Waals surface area (Å²) in [5, 5.41) is 6.61. The van der Waals surface area contributed by atoms with E-state index in [9.17, 15) is 9.59 Å². The Hall–Kier alpha value is -2.97. The van der Waals surface area contributed by atoms with Crippen molar-refractivity contribution < 1.29 is 9.59 Å². The van der Waals surface area contributed by atoms with E-state index < -0.39 is 0 Å². The van der Waals surface area contributed by atoms with E-state index >= 15 is 0 Å². The topological polar surface area (TPSA) is 104 Å². The molecule has 3 aliphatic rings. The molecule has 1 aliphatic heterocycles. The number of anilines is 1. The van der Waals surface area contributed by atoms with Gasteiger partial charge in [-0.1, -0.05) is 51.5 Å². The first kappa shape index (κ1) is 35.3. The molecule has 3 atom stereocenters. The van der Waals surface area contributed by atoms with Crippen LogP contribution in [0.4, 0.5) is 5.69 Å². The van der Waals surface area contributed by atoms with E-state index in [1.165, 1.54) is 38.5 Å². The minimum absolute atomic E-state index is 0.0705. The second-order valence-electron chi connectivity index (χ2n) is 15.3. The number of hydrogen-bond acceptors (Lipinski definition) is 6. The van der Waals surface area contributed by atoms with Crippen LogP contribution in [0.2, 0.25) is 0 Å². The average Bonchev–Trinajstić information content (AvgIpc) is 3.17. The molecule has 0 radical (unpaired) electrons. The van der Waals surface area contributed by atoms with Crippen LogP contribution in [-0.4, -0.2) is 67.5 Å². The molecule has 1 aromatic carbocycles. The molecule has 2 aliphatic carbocycles. The lowest BCUT2D eigenvalue weighted by atomic mass is 9.59. The van der Waals surface area contributed by atoms with Gasteiger partial charge in [0, 0.05) is 61.3 Å². The zero-order valence-corrected chi connectivity index (χ0v) is 29.9. The summed E-state index contributed by atoms with van der Waals surface area (Å²) >= 11 is 0. The molecule has 0 bridgehead atoms. The number of benzene rings is 1. The van der Waals surface area contributed by atoms with Gasteiger partial charge in [0.2, 0.25) is 5.91 Å². The number of aromatic nitrogens is 1. The molecule has 3 fully saturated rings. The van der Waals surface area contributed by atoms with Crippen molar-refractivity contribution in [1.29, 1.82) is 0 Å². The number of carbonyl (C=O) groups is 2. The van der Waals surface area contributed by atoms with Gasteiger partial charge < -0.3 is 26.2 Å². The fraction of sp³-hybridized carbons (Fsp3) is 0.667. The van der Waals surface area contributed by atoms with Gasteiger partial charge in [0.25, 0.3) is 5.91 Å². The highest BCUT2D eigenvalue weighted by molar-refractivity contribution is 5.99. The number of rotatable bonds is 8. The molecule has 8 nitrogen and oxygen atoms in total. The molecule has 2 saturated carbocycles. The Morgan fingerprint density at radius 3 is 2.26 bits per heavy atom. The first-order valence-corrected chi connectivity index (χ1v) is 18.3. The van der Waals surface area contributed by atoms with Gasteiger partial charge in [0.15, 0.2) is 0 Å². The van der Waals surface area contributed by atoms with Crippen molar-refractivity contribution in [3.05, 3.63) is 47.3 Å². The Balaban J connectivity index is 1.42. The van der Waals surface area contributed by atoms with Crippen molar-refractivity contribution in [2.24, 2.45) is 23.0 Å². The van der Waals surface area contributed by atoms with Gasteiger partial charge >= 0.3 is 0 Å². The molecule has 1 aromatic heterocycles. The predicted octanol–water partition coefficient (Wildman–Crippen LogP) is 6.45. The number of nitrogens with one attached hydrogen (secondary N) is 2. The van der Waals surface area contributed by atoms with Crippen molar-refractivity contribution >= 4 is 17.5 Å². The molecule has 258 valence electrons. The molecule has 5 rings (SSSR count). The first-order chi connectivity index (χ1) is 22.5. The molecule has 1 spiro atoms. The van der Waals surface area contributed by atoms with Crippen molar-refractivity contribution in [3.8, 4) is 11.1 Å². The van der Waals surface area contributed by atoms with Crippen LogP contribution >= 0.6 is 0 Å². The summed E-state index contributed by atoms with van der Waals surface area (Å²) in [6.07, 6.45) is 15.9. The second-order valence-corrected chi connectivity index (χ2v) is 15.3. The quantitative estimate of drug-likeness (QED) is 0.306. The van der Waals surface area contributed by atoms with E-state index in [1.807, 2.05) is 26.4 Å². The standard InChI is InChI=1S/C39H60N6O2/c1-26-34(37(46)42-24-35-27(2)39(28(3)43-38(35)47)19-11-9-7-8-10-12-20-39)21-30(29-13-16-32(41-23-29)25-44(4)5)22-36(26)45(6)33-17-14-31(40)15-18-33/h13,16,21-23,27-28,31,33,35H,7-12,14-15,17-20,24-25,40H2,1-6H3,(H,42,46)(H,43,47)/t27?,28?,31-,33-,35?. The highest BCUT2D eigenvalue weighted by Gasteiger charge is 2.50. The smallest absolute Gasteiger partial charge is 0.251 e. The van der Waals surface area contributed by atoms with Crippen LogP contribution in [0.15, 0.2) is 30.5 Å². The fourth-order valence-electron chi connectivity index (χ4n) is 8.85. The van der Waals surface area contributed by atoms with Gasteiger partial charge in [-0.2, -0.15) is 0 Å². The Bertz CT molecular complexity index is 1360. The lowest BCUT2D eigenvalue weighted by molar-refractivity contribution is -0.137. The summed E-state index contributed by atoms with van der Waals surface area (Å²) in [6, 6.07) is 9.19. The van der Waals surface area contributed by atoms with E-state index in [-0.39, 0.29) is 41.1 Å². The largest absolute Gasteiger partial charge is 0.371 e. The third kappa shape index (κ3) is 8.02. The molecule has 3 unspecified atom stereocenters. The SMILES string of the molecule is Cc1c(C(=O)NCC2C(=O)NC(C)C3(CCCCCCCC3)C2C)cc(-c2ccc(CN(C)C)nc2)cc1N(C)[C@H]1CC[C@H](N)CC1. The van der Waals surface area contributed by atoms with Crippen LogP contribution in [0.5, 0.6) is 0 Å². The molecule has 2 aromatic rings. The number of amides is 2. The van der Waals surface area contributed by atoms with Crippen LogP contribution in [0.3, 0.4) is 0 Å². The molecule has 1 saturated heterocycles. The number of carbonyl (C=O) groups excluding carboxylic acids is 2. The van der Waals surface area contributed by atoms with Crippen LogP contribution in [0.25, 0.3) is 11.1 Å². The highest BCUT2D eigenvalue weighted by atomic mass is 16.2. The van der Waals surface area contributed by atoms with Gasteiger partial charge in [-0.15, -0.1) is 0 Å². The number of nitrogens with two attached hydrogens (primary N) is 1. The van der Waals surface area contributed by atoms with E-state index in [2.05, 4.69) is 66.5 Å². The third-order valence-electron chi connectivity index (χ3n) is 12.0. The lowest BCUT2D eigenvalue weighted by Gasteiger charge is -2.51. The van der Waals surface area contributed by atoms with Gasteiger partial charge in [-0.25, -0.2) is 0 Å². The van der Waals surface area contributed by atoms with Crippen LogP contribution < -0.4 is 21.3 Å². The molecule has 47 heavy (non-hydrogen) atoms. The maximum Gasteiger partial charge on any atom is 0.251 e. The molecule has 2 heterocycles. The summed E-state index contributed by atoms with van der Waals surface area (Å²) in [5.41, 5.74) is 12.0. The molecule has 4 N–H and O–H groups in total. The Morgan fingerprint density at radius 1 is 0.979 bits per heavy atom. The lowest BCUT2D eigenvalue weighted by Crippen LogP contribution is -2.61. The van der Waals surface area contributed by atoms with Gasteiger partial charge in [-0.05, 0) is 107 Å². The number of nitrogens with zero attached hydrogens (tertiary/aromatic N) is 3. The van der Waals surface area contributed by atoms with E-state index in [1.54, 1.807) is 0 Å². The zero-order valence-electron chi connectivity index (χ0n) is 29.9. The van der Waals surface area contributed by atoms with Crippen LogP contribution in [0, 0.1) is 24.2 Å². The first-order valence-electron chi connectivity index (χ1n) is 18.3. The van der Waals surface area contributed by atoms with Gasteiger partial charge in [0.1, 0.15) is 0 Å². The molecular weight excluding hydrogens is 584 g/mol. The summed E-state index contributed by atoms with van der Waals surface area (Å²) < 4.78 is 0. The van der Waals surface area contributed by atoms with Crippen LogP contribution in [0.1, 0.15) is 113 Å². The Kier molecular flexibility index (Phi) is 11.7. The predicted molar refractivity (Wildman–Crippen MR) is 192 cm³/mol. The monoisotopic (exact) mass is 644 g/mol. The summed E-state index contributed by atoms with van der Waals surface area (Å²) in [6.45, 7) is 7.65. The van der Waals surface area contributed by atoms with Gasteiger partial charge in [-0.3, -0.25) is 14.6 Å². The second kappa shape index (κ2) is 15.5. The number of piperidine rings is 1. The Labute approximate surface area is 283 Å². The van der Waals surface area contributed by atoms with Crippen molar-refractivity contribution in [2.45, 2.75) is 122 Å². The fourth-order valence-corrected chi connectivity index (χ4v) is 8.85. The summed E-state index contributed by atoms with van der Waals surface area (Å²) in [7, 11) is 6.23. The summed E-state index contributed by atoms with van der Waals surface area (Å²) in [4.78, 5) is 36.8. The summed E-state index contributed by atoms with van der Waals surface area (Å²) in [5.74, 6) is -0.102. The normalized spacial score (nSPS) is 26.6. The third-order valence-corrected chi connectivity index (χ3v) is 12.0. The van der Waals surface area contributed by atoms with Gasteiger partial charge in [0.05, 0.1) is 11.6 Å². The Morgan fingerprint density at radius 2 is 1.64 bits per heavy atom. The molecular formula is C39H60N6O2. The zero-order chi connectivity index (χ0) is 33.7. The highest BCUT2D eigenvalue weighted by Crippen LogP contribution is 2.48. The number of hydrogen-bond donors (Lipinski definition) is 3. The average molecular weight is 645 g/mol.